The van der Waals surface area contributed by atoms with Crippen molar-refractivity contribution in [2.75, 3.05) is 6.54 Å². The van der Waals surface area contributed by atoms with Gasteiger partial charge in [-0.2, -0.15) is 0 Å². The Morgan fingerprint density at radius 1 is 0.900 bits per heavy atom. The highest BCUT2D eigenvalue weighted by Gasteiger charge is 2.60. The number of hydrogen-bond donors (Lipinski definition) is 2. The maximum absolute atomic E-state index is 14.4. The molecule has 4 nitrogen and oxygen atoms in total. The molecule has 218 valence electrons. The van der Waals surface area contributed by atoms with Gasteiger partial charge in [0.15, 0.2) is 5.78 Å². The zero-order valence-electron chi connectivity index (χ0n) is 25.7. The smallest absolute Gasteiger partial charge is 0.224 e. The molecule has 6 atom stereocenters. The van der Waals surface area contributed by atoms with E-state index in [4.69, 9.17) is 0 Å². The highest BCUT2D eigenvalue weighted by atomic mass is 16.2. The third-order valence-electron chi connectivity index (χ3n) is 12.5. The highest BCUT2D eigenvalue weighted by molar-refractivity contribution is 5.91. The Morgan fingerprint density at radius 2 is 1.60 bits per heavy atom. The molecule has 3 saturated carbocycles. The molecule has 4 fully saturated rings. The van der Waals surface area contributed by atoms with Gasteiger partial charge in [-0.3, -0.25) is 9.59 Å². The van der Waals surface area contributed by atoms with E-state index in [0.717, 1.165) is 45.1 Å². The van der Waals surface area contributed by atoms with Gasteiger partial charge in [0.05, 0.1) is 5.54 Å². The first-order valence-electron chi connectivity index (χ1n) is 16.4. The van der Waals surface area contributed by atoms with Crippen LogP contribution in [0.1, 0.15) is 123 Å². The van der Waals surface area contributed by atoms with Crippen molar-refractivity contribution in [3.8, 4) is 0 Å². The number of rotatable bonds is 3. The van der Waals surface area contributed by atoms with Gasteiger partial charge < -0.3 is 10.6 Å². The lowest BCUT2D eigenvalue weighted by atomic mass is 9.50. The number of benzene rings is 1. The fourth-order valence-corrected chi connectivity index (χ4v) is 10.0. The molecule has 4 aliphatic carbocycles. The molecule has 2 N–H and O–H groups in total. The van der Waals surface area contributed by atoms with Crippen LogP contribution in [0.5, 0.6) is 0 Å². The summed E-state index contributed by atoms with van der Waals surface area (Å²) in [5.41, 5.74) is 3.86. The number of carbonyl (C=O) groups excluding carboxylic acids is 2. The van der Waals surface area contributed by atoms with Crippen molar-refractivity contribution in [1.82, 2.24) is 10.6 Å². The molecule has 0 spiro atoms. The average Bonchev–Trinajstić information content (AvgIpc) is 3.10. The summed E-state index contributed by atoms with van der Waals surface area (Å²) < 4.78 is 0. The third kappa shape index (κ3) is 4.56. The van der Waals surface area contributed by atoms with E-state index in [1.807, 2.05) is 6.08 Å². The minimum Gasteiger partial charge on any atom is -0.387 e. The lowest BCUT2D eigenvalue weighted by molar-refractivity contribution is -0.134. The van der Waals surface area contributed by atoms with Crippen LogP contribution in [0.2, 0.25) is 0 Å². The predicted molar refractivity (Wildman–Crippen MR) is 162 cm³/mol. The Hall–Kier alpha value is -2.10. The Kier molecular flexibility index (Phi) is 7.02. The van der Waals surface area contributed by atoms with Crippen molar-refractivity contribution in [2.45, 2.75) is 123 Å². The van der Waals surface area contributed by atoms with Crippen molar-refractivity contribution in [3.63, 3.8) is 0 Å². The lowest BCUT2D eigenvalue weighted by Crippen LogP contribution is -2.58. The normalized spacial score (nSPS) is 37.2. The number of carbonyl (C=O) groups is 2. The first-order valence-corrected chi connectivity index (χ1v) is 16.4. The van der Waals surface area contributed by atoms with Crippen molar-refractivity contribution in [3.05, 3.63) is 47.2 Å². The summed E-state index contributed by atoms with van der Waals surface area (Å²) in [5.74, 6) is 2.44. The van der Waals surface area contributed by atoms with Crippen molar-refractivity contribution in [1.29, 1.82) is 0 Å². The van der Waals surface area contributed by atoms with E-state index in [1.165, 1.54) is 48.9 Å². The molecule has 1 aliphatic heterocycles. The fraction of sp³-hybridized carbons (Fsp3) is 0.722. The van der Waals surface area contributed by atoms with Crippen LogP contribution < -0.4 is 10.6 Å². The second-order valence-corrected chi connectivity index (χ2v) is 15.7. The topological polar surface area (TPSA) is 58.2 Å². The number of amides is 1. The van der Waals surface area contributed by atoms with Crippen LogP contribution in [0.3, 0.4) is 0 Å². The summed E-state index contributed by atoms with van der Waals surface area (Å²) in [6.07, 6.45) is 15.0. The first-order chi connectivity index (χ1) is 19.0. The Morgan fingerprint density at radius 3 is 2.27 bits per heavy atom. The summed E-state index contributed by atoms with van der Waals surface area (Å²) >= 11 is 0. The zero-order chi connectivity index (χ0) is 28.3. The number of hydrogen-bond acceptors (Lipinski definition) is 3. The molecular weight excluding hydrogens is 492 g/mol. The van der Waals surface area contributed by atoms with Gasteiger partial charge in [-0.1, -0.05) is 84.6 Å². The minimum absolute atomic E-state index is 0.0526. The number of allylic oxidation sites excluding steroid dienone is 2. The molecule has 1 aromatic rings. The van der Waals surface area contributed by atoms with Gasteiger partial charge in [0.25, 0.3) is 0 Å². The van der Waals surface area contributed by atoms with Gasteiger partial charge in [0.1, 0.15) is 0 Å². The van der Waals surface area contributed by atoms with E-state index in [9.17, 15) is 9.59 Å². The van der Waals surface area contributed by atoms with Crippen LogP contribution in [-0.2, 0) is 20.5 Å². The van der Waals surface area contributed by atoms with E-state index in [-0.39, 0.29) is 33.5 Å². The molecule has 0 aromatic heterocycles. The SMILES string of the molecule is CC(C)(C)c1ccc(C2(NC(=O)[C@H]3CC[C@H]4[C@@H]5CNC6=CC(=O)CC[C@]6(C)[C@H]5CC[C@]34C)CCCCCC2)cc1. The molecule has 0 radical (unpaired) electrons. The molecule has 1 saturated heterocycles. The monoisotopic (exact) mass is 544 g/mol. The standard InChI is InChI=1S/C36H52N2O2/c1-33(2,3)24-10-12-25(13-11-24)36(18-8-6-7-9-19-36)38-32(40)30-15-14-28-27-23-37-31-22-26(39)16-20-35(31,5)29(27)17-21-34(28,30)4/h10-13,22,27-30,37H,6-9,14-21,23H2,1-5H3,(H,38,40)/t27-,28-,29-,30+,34-,35+/m0/s1. The largest absolute Gasteiger partial charge is 0.387 e. The van der Waals surface area contributed by atoms with Gasteiger partial charge in [0.2, 0.25) is 5.91 Å². The maximum atomic E-state index is 14.4. The molecule has 1 amide bonds. The van der Waals surface area contributed by atoms with Crippen LogP contribution >= 0.6 is 0 Å². The Balaban J connectivity index is 1.24. The fourth-order valence-electron chi connectivity index (χ4n) is 10.0. The van der Waals surface area contributed by atoms with E-state index in [1.54, 1.807) is 0 Å². The summed E-state index contributed by atoms with van der Waals surface area (Å²) in [6.45, 7) is 12.6. The highest BCUT2D eigenvalue weighted by Crippen LogP contribution is 2.64. The minimum atomic E-state index is -0.246. The molecular formula is C36H52N2O2. The number of fused-ring (bicyclic) bond motifs is 5. The summed E-state index contributed by atoms with van der Waals surface area (Å²) in [4.78, 5) is 26.6. The van der Waals surface area contributed by atoms with Crippen molar-refractivity contribution in [2.24, 2.45) is 34.5 Å². The van der Waals surface area contributed by atoms with Crippen molar-refractivity contribution >= 4 is 11.7 Å². The number of ketones is 1. The molecule has 1 heterocycles. The van der Waals surface area contributed by atoms with Gasteiger partial charge in [-0.15, -0.1) is 0 Å². The average molecular weight is 545 g/mol. The lowest BCUT2D eigenvalue weighted by Gasteiger charge is -2.58. The molecule has 4 heteroatoms. The van der Waals surface area contributed by atoms with E-state index in [2.05, 4.69) is 69.5 Å². The summed E-state index contributed by atoms with van der Waals surface area (Å²) in [5, 5.41) is 7.50. The molecule has 0 unspecified atom stereocenters. The first kappa shape index (κ1) is 28.0. The van der Waals surface area contributed by atoms with Crippen LogP contribution in [0.4, 0.5) is 0 Å². The van der Waals surface area contributed by atoms with E-state index >= 15 is 0 Å². The van der Waals surface area contributed by atoms with Gasteiger partial charge in [-0.05, 0) is 84.7 Å². The summed E-state index contributed by atoms with van der Waals surface area (Å²) in [6, 6.07) is 9.21. The Labute approximate surface area is 242 Å². The molecule has 40 heavy (non-hydrogen) atoms. The van der Waals surface area contributed by atoms with Crippen molar-refractivity contribution < 1.29 is 9.59 Å². The molecule has 6 rings (SSSR count). The quantitative estimate of drug-likeness (QED) is 0.386. The second kappa shape index (κ2) is 10.0. The van der Waals surface area contributed by atoms with E-state index < -0.39 is 0 Å². The van der Waals surface area contributed by atoms with E-state index in [0.29, 0.717) is 30.1 Å². The molecule has 1 aromatic carbocycles. The Bertz CT molecular complexity index is 1170. The van der Waals surface area contributed by atoms with Crippen LogP contribution in [0.15, 0.2) is 36.0 Å². The van der Waals surface area contributed by atoms with Crippen LogP contribution in [0.25, 0.3) is 0 Å². The molecule has 5 aliphatic rings. The van der Waals surface area contributed by atoms with Gasteiger partial charge in [-0.25, -0.2) is 0 Å². The third-order valence-corrected chi connectivity index (χ3v) is 12.5. The molecule has 0 bridgehead atoms. The zero-order valence-corrected chi connectivity index (χ0v) is 25.7. The van der Waals surface area contributed by atoms with Crippen LogP contribution in [-0.4, -0.2) is 18.2 Å². The van der Waals surface area contributed by atoms with Gasteiger partial charge in [0, 0.05) is 36.1 Å². The predicted octanol–water partition coefficient (Wildman–Crippen LogP) is 7.56. The van der Waals surface area contributed by atoms with Gasteiger partial charge >= 0.3 is 0 Å². The van der Waals surface area contributed by atoms with Crippen LogP contribution in [0, 0.1) is 34.5 Å². The summed E-state index contributed by atoms with van der Waals surface area (Å²) in [7, 11) is 0. The number of nitrogens with one attached hydrogen (secondary N) is 2. The maximum Gasteiger partial charge on any atom is 0.224 e. The second-order valence-electron chi connectivity index (χ2n) is 15.7. The number of piperidine rings is 1.